The third-order valence-electron chi connectivity index (χ3n) is 5.11. The summed E-state index contributed by atoms with van der Waals surface area (Å²) in [7, 11) is -3.81. The van der Waals surface area contributed by atoms with E-state index in [1.165, 1.54) is 30.5 Å². The number of esters is 1. The van der Waals surface area contributed by atoms with Crippen molar-refractivity contribution in [1.82, 2.24) is 10.0 Å². The second kappa shape index (κ2) is 10.5. The zero-order valence-electron chi connectivity index (χ0n) is 18.5. The molecule has 1 saturated carbocycles. The van der Waals surface area contributed by atoms with Crippen molar-refractivity contribution in [2.45, 2.75) is 30.3 Å². The van der Waals surface area contributed by atoms with Crippen LogP contribution < -0.4 is 15.4 Å². The lowest BCUT2D eigenvalue weighted by atomic mass is 10.1. The van der Waals surface area contributed by atoms with Crippen LogP contribution >= 0.6 is 0 Å². The van der Waals surface area contributed by atoms with Gasteiger partial charge in [-0.3, -0.25) is 9.59 Å². The van der Waals surface area contributed by atoms with Crippen LogP contribution in [0.5, 0.6) is 0 Å². The lowest BCUT2D eigenvalue weighted by Gasteiger charge is -2.11. The lowest BCUT2D eigenvalue weighted by molar-refractivity contribution is -0.119. The van der Waals surface area contributed by atoms with E-state index in [0.717, 1.165) is 12.8 Å². The largest absolute Gasteiger partial charge is 0.468 e. The summed E-state index contributed by atoms with van der Waals surface area (Å²) in [5.74, 6) is -1.24. The summed E-state index contributed by atoms with van der Waals surface area (Å²) in [5, 5.41) is 5.43. The van der Waals surface area contributed by atoms with Crippen LogP contribution in [-0.4, -0.2) is 38.9 Å². The first-order valence-electron chi connectivity index (χ1n) is 10.8. The first-order chi connectivity index (χ1) is 16.8. The quantitative estimate of drug-likeness (QED) is 0.365. The third-order valence-corrected chi connectivity index (χ3v) is 6.53. The second-order valence-electron chi connectivity index (χ2n) is 7.85. The molecule has 1 fully saturated rings. The van der Waals surface area contributed by atoms with Gasteiger partial charge in [0.15, 0.2) is 6.61 Å². The molecule has 1 aliphatic rings. The van der Waals surface area contributed by atoms with Crippen LogP contribution in [0.15, 0.2) is 76.2 Å². The highest BCUT2D eigenvalue weighted by Crippen LogP contribution is 2.21. The van der Waals surface area contributed by atoms with E-state index in [-0.39, 0.29) is 29.0 Å². The van der Waals surface area contributed by atoms with Crippen molar-refractivity contribution in [2.24, 2.45) is 0 Å². The van der Waals surface area contributed by atoms with Gasteiger partial charge in [0.2, 0.25) is 10.0 Å². The molecule has 11 heteroatoms. The molecule has 0 unspecified atom stereocenters. The molecule has 2 amide bonds. The summed E-state index contributed by atoms with van der Waals surface area (Å²) in [4.78, 5) is 36.9. The molecule has 0 radical (unpaired) electrons. The Labute approximate surface area is 201 Å². The van der Waals surface area contributed by atoms with Gasteiger partial charge < -0.3 is 19.8 Å². The molecule has 4 rings (SSSR count). The van der Waals surface area contributed by atoms with Gasteiger partial charge in [0.05, 0.1) is 34.5 Å². The van der Waals surface area contributed by atoms with Gasteiger partial charge in [-0.1, -0.05) is 12.1 Å². The highest BCUT2D eigenvalue weighted by Gasteiger charge is 2.25. The molecule has 0 aliphatic heterocycles. The van der Waals surface area contributed by atoms with Gasteiger partial charge in [-0.2, -0.15) is 0 Å². The number of amides is 2. The average Bonchev–Trinajstić information content (AvgIpc) is 3.51. The highest BCUT2D eigenvalue weighted by atomic mass is 32.2. The first-order valence-corrected chi connectivity index (χ1v) is 12.3. The minimum absolute atomic E-state index is 0.0143. The summed E-state index contributed by atoms with van der Waals surface area (Å²) in [5.41, 5.74) is 0.701. The molecule has 35 heavy (non-hydrogen) atoms. The third kappa shape index (κ3) is 6.55. The molecular formula is C24H23N3O7S. The fourth-order valence-corrected chi connectivity index (χ4v) is 4.11. The maximum Gasteiger partial charge on any atom is 0.338 e. The molecule has 1 aromatic heterocycles. The van der Waals surface area contributed by atoms with Gasteiger partial charge in [0.25, 0.3) is 11.8 Å². The number of hydrogen-bond acceptors (Lipinski definition) is 7. The molecule has 2 aromatic carbocycles. The van der Waals surface area contributed by atoms with E-state index >= 15 is 0 Å². The van der Waals surface area contributed by atoms with Crippen molar-refractivity contribution in [2.75, 3.05) is 11.9 Å². The standard InChI is InChI=1S/C24H23N3O7S/c28-22(27-21-6-2-1-5-20(21)23(29)26-17-9-10-17)15-34-24(30)16-7-11-19(12-8-16)35(31,32)25-14-18-4-3-13-33-18/h1-8,11-13,17,25H,9-10,14-15H2,(H,26,29)(H,27,28). The number of ether oxygens (including phenoxy) is 1. The van der Waals surface area contributed by atoms with Crippen LogP contribution in [-0.2, 0) is 26.1 Å². The monoisotopic (exact) mass is 497 g/mol. The van der Waals surface area contributed by atoms with E-state index in [1.54, 1.807) is 36.4 Å². The average molecular weight is 498 g/mol. The van der Waals surface area contributed by atoms with Crippen molar-refractivity contribution in [3.05, 3.63) is 83.8 Å². The Morgan fingerprint density at radius 3 is 2.40 bits per heavy atom. The maximum absolute atomic E-state index is 12.4. The van der Waals surface area contributed by atoms with Crippen LogP contribution in [0.1, 0.15) is 39.3 Å². The molecule has 0 atom stereocenters. The minimum atomic E-state index is -3.81. The Balaban J connectivity index is 1.30. The van der Waals surface area contributed by atoms with Crippen molar-refractivity contribution in [3.63, 3.8) is 0 Å². The van der Waals surface area contributed by atoms with Crippen LogP contribution in [0, 0.1) is 0 Å². The summed E-state index contributed by atoms with van der Waals surface area (Å²) in [6.07, 6.45) is 3.31. The SMILES string of the molecule is O=C(COC(=O)c1ccc(S(=O)(=O)NCc2ccco2)cc1)Nc1ccccc1C(=O)NC1CC1. The number of furan rings is 1. The van der Waals surface area contributed by atoms with Crippen LogP contribution in [0.2, 0.25) is 0 Å². The first kappa shape index (κ1) is 24.2. The Hall–Kier alpha value is -3.96. The Morgan fingerprint density at radius 2 is 1.71 bits per heavy atom. The fourth-order valence-electron chi connectivity index (χ4n) is 3.11. The number of carbonyl (C=O) groups is 3. The number of hydrogen-bond donors (Lipinski definition) is 3. The Morgan fingerprint density at radius 1 is 0.971 bits per heavy atom. The summed E-state index contributed by atoms with van der Waals surface area (Å²) in [6.45, 7) is -0.595. The number of benzene rings is 2. The molecule has 1 heterocycles. The Bertz CT molecular complexity index is 1320. The zero-order chi connectivity index (χ0) is 24.8. The van der Waals surface area contributed by atoms with Crippen molar-refractivity contribution < 1.29 is 32.0 Å². The van der Waals surface area contributed by atoms with E-state index in [2.05, 4.69) is 15.4 Å². The smallest absolute Gasteiger partial charge is 0.338 e. The predicted molar refractivity (Wildman–Crippen MR) is 125 cm³/mol. The van der Waals surface area contributed by atoms with Crippen LogP contribution in [0.4, 0.5) is 5.69 Å². The van der Waals surface area contributed by atoms with Gasteiger partial charge >= 0.3 is 5.97 Å². The molecule has 3 N–H and O–H groups in total. The molecule has 10 nitrogen and oxygen atoms in total. The summed E-state index contributed by atoms with van der Waals surface area (Å²) < 4.78 is 37.3. The highest BCUT2D eigenvalue weighted by molar-refractivity contribution is 7.89. The Kier molecular flexibility index (Phi) is 7.28. The van der Waals surface area contributed by atoms with Crippen molar-refractivity contribution >= 4 is 33.5 Å². The van der Waals surface area contributed by atoms with E-state index in [1.807, 2.05) is 0 Å². The van der Waals surface area contributed by atoms with Gasteiger partial charge in [-0.15, -0.1) is 0 Å². The molecule has 3 aromatic rings. The van der Waals surface area contributed by atoms with Gasteiger partial charge in [-0.05, 0) is 61.4 Å². The topological polar surface area (TPSA) is 144 Å². The summed E-state index contributed by atoms with van der Waals surface area (Å²) in [6, 6.07) is 15.1. The summed E-state index contributed by atoms with van der Waals surface area (Å²) >= 11 is 0. The van der Waals surface area contributed by atoms with E-state index < -0.39 is 28.5 Å². The number of para-hydroxylation sites is 1. The van der Waals surface area contributed by atoms with Gasteiger partial charge in [-0.25, -0.2) is 17.9 Å². The van der Waals surface area contributed by atoms with Crippen molar-refractivity contribution in [1.29, 1.82) is 0 Å². The number of carbonyl (C=O) groups excluding carboxylic acids is 3. The zero-order valence-corrected chi connectivity index (χ0v) is 19.3. The normalized spacial score (nSPS) is 13.1. The van der Waals surface area contributed by atoms with E-state index in [0.29, 0.717) is 17.0 Å². The van der Waals surface area contributed by atoms with Crippen LogP contribution in [0.3, 0.4) is 0 Å². The van der Waals surface area contributed by atoms with E-state index in [4.69, 9.17) is 9.15 Å². The molecule has 182 valence electrons. The minimum Gasteiger partial charge on any atom is -0.468 e. The second-order valence-corrected chi connectivity index (χ2v) is 9.61. The number of sulfonamides is 1. The van der Waals surface area contributed by atoms with Gasteiger partial charge in [0, 0.05) is 6.04 Å². The number of rotatable bonds is 10. The molecule has 0 saturated heterocycles. The number of anilines is 1. The molecule has 0 spiro atoms. The lowest BCUT2D eigenvalue weighted by Crippen LogP contribution is -2.28. The van der Waals surface area contributed by atoms with E-state index in [9.17, 15) is 22.8 Å². The molecule has 1 aliphatic carbocycles. The number of nitrogens with one attached hydrogen (secondary N) is 3. The predicted octanol–water partition coefficient (Wildman–Crippen LogP) is 2.45. The molecular weight excluding hydrogens is 474 g/mol. The van der Waals surface area contributed by atoms with Gasteiger partial charge in [0.1, 0.15) is 5.76 Å². The maximum atomic E-state index is 12.4. The fraction of sp³-hybridized carbons (Fsp3) is 0.208. The van der Waals surface area contributed by atoms with Crippen LogP contribution in [0.25, 0.3) is 0 Å². The molecule has 0 bridgehead atoms. The van der Waals surface area contributed by atoms with Crippen molar-refractivity contribution in [3.8, 4) is 0 Å².